The Morgan fingerprint density at radius 2 is 1.56 bits per heavy atom. The maximum absolute atomic E-state index is 5.45. The highest BCUT2D eigenvalue weighted by Crippen LogP contribution is 2.31. The average Bonchev–Trinajstić information content (AvgIpc) is 3.24. The topological polar surface area (TPSA) is 83.2 Å². The number of benzene rings is 1. The third-order valence-corrected chi connectivity index (χ3v) is 4.03. The zero-order valence-corrected chi connectivity index (χ0v) is 14.8. The van der Waals surface area contributed by atoms with Crippen LogP contribution in [-0.4, -0.2) is 34.3 Å². The van der Waals surface area contributed by atoms with Gasteiger partial charge < -0.3 is 14.0 Å². The Labute approximate surface area is 155 Å². The minimum atomic E-state index is 0.410. The maximum Gasteiger partial charge on any atom is 0.258 e. The summed E-state index contributed by atoms with van der Waals surface area (Å²) in [7, 11) is 3.20. The van der Waals surface area contributed by atoms with E-state index in [9.17, 15) is 0 Å². The highest BCUT2D eigenvalue weighted by Gasteiger charge is 2.16. The smallest absolute Gasteiger partial charge is 0.258 e. The van der Waals surface area contributed by atoms with Gasteiger partial charge >= 0.3 is 0 Å². The van der Waals surface area contributed by atoms with Gasteiger partial charge in [-0.2, -0.15) is 4.98 Å². The van der Waals surface area contributed by atoms with Gasteiger partial charge in [-0.3, -0.25) is 4.98 Å². The summed E-state index contributed by atoms with van der Waals surface area (Å²) in [6, 6.07) is 15.0. The summed E-state index contributed by atoms with van der Waals surface area (Å²) in [5.41, 5.74) is 3.17. The van der Waals surface area contributed by atoms with Gasteiger partial charge in [0.05, 0.1) is 25.5 Å². The molecule has 0 saturated carbocycles. The molecule has 0 N–H and O–H groups in total. The summed E-state index contributed by atoms with van der Waals surface area (Å²) >= 11 is 0. The Morgan fingerprint density at radius 3 is 2.26 bits per heavy atom. The van der Waals surface area contributed by atoms with Crippen molar-refractivity contribution in [3.8, 4) is 45.7 Å². The summed E-state index contributed by atoms with van der Waals surface area (Å²) in [6.45, 7) is 0. The lowest BCUT2D eigenvalue weighted by Gasteiger charge is -2.08. The van der Waals surface area contributed by atoms with Crippen LogP contribution in [0.3, 0.4) is 0 Å². The minimum absolute atomic E-state index is 0.410. The molecular formula is C20H16N4O3. The zero-order valence-electron chi connectivity index (χ0n) is 14.8. The molecule has 3 aromatic heterocycles. The fourth-order valence-corrected chi connectivity index (χ4v) is 2.63. The van der Waals surface area contributed by atoms with E-state index in [-0.39, 0.29) is 0 Å². The first kappa shape index (κ1) is 16.7. The first-order valence-corrected chi connectivity index (χ1v) is 8.22. The molecule has 4 rings (SSSR count). The predicted molar refractivity (Wildman–Crippen MR) is 99.3 cm³/mol. The number of pyridine rings is 2. The Balaban J connectivity index is 1.68. The fraction of sp³-hybridized carbons (Fsp3) is 0.100. The molecule has 0 atom stereocenters. The molecule has 7 nitrogen and oxygen atoms in total. The second-order valence-corrected chi connectivity index (χ2v) is 5.64. The molecule has 1 aromatic carbocycles. The van der Waals surface area contributed by atoms with Crippen LogP contribution in [0.15, 0.2) is 65.4 Å². The number of aromatic nitrogens is 4. The van der Waals surface area contributed by atoms with Gasteiger partial charge in [-0.05, 0) is 48.5 Å². The minimum Gasteiger partial charge on any atom is -0.497 e. The van der Waals surface area contributed by atoms with Gasteiger partial charge in [-0.1, -0.05) is 5.16 Å². The van der Waals surface area contributed by atoms with Crippen molar-refractivity contribution in [3.63, 3.8) is 0 Å². The lowest BCUT2D eigenvalue weighted by atomic mass is 10.1. The molecule has 0 amide bonds. The standard InChI is InChI=1S/C20H16N4O3/c1-25-15-5-3-13(4-6-15)17-8-7-16(20(22-17)26-2)18-23-19(27-24-18)14-9-11-21-12-10-14/h3-12H,1-2H3. The van der Waals surface area contributed by atoms with Gasteiger partial charge in [0.2, 0.25) is 11.7 Å². The van der Waals surface area contributed by atoms with Crippen molar-refractivity contribution in [3.05, 3.63) is 60.9 Å². The van der Waals surface area contributed by atoms with Crippen LogP contribution in [0.25, 0.3) is 34.1 Å². The molecule has 0 bridgehead atoms. The second-order valence-electron chi connectivity index (χ2n) is 5.64. The van der Waals surface area contributed by atoms with Crippen molar-refractivity contribution >= 4 is 0 Å². The highest BCUT2D eigenvalue weighted by atomic mass is 16.5. The average molecular weight is 360 g/mol. The number of hydrogen-bond donors (Lipinski definition) is 0. The molecule has 0 spiro atoms. The molecule has 0 aliphatic heterocycles. The highest BCUT2D eigenvalue weighted by molar-refractivity contribution is 5.69. The lowest BCUT2D eigenvalue weighted by molar-refractivity contribution is 0.398. The molecule has 0 aliphatic rings. The van der Waals surface area contributed by atoms with Crippen LogP contribution in [0.2, 0.25) is 0 Å². The number of hydrogen-bond acceptors (Lipinski definition) is 7. The number of nitrogens with zero attached hydrogens (tertiary/aromatic N) is 4. The van der Waals surface area contributed by atoms with Crippen molar-refractivity contribution in [2.24, 2.45) is 0 Å². The van der Waals surface area contributed by atoms with E-state index in [4.69, 9.17) is 14.0 Å². The summed E-state index contributed by atoms with van der Waals surface area (Å²) in [6.07, 6.45) is 3.34. The van der Waals surface area contributed by atoms with Crippen LogP contribution >= 0.6 is 0 Å². The largest absolute Gasteiger partial charge is 0.497 e. The molecule has 4 aromatic rings. The molecule has 0 unspecified atom stereocenters. The van der Waals surface area contributed by atoms with E-state index in [1.54, 1.807) is 38.7 Å². The lowest BCUT2D eigenvalue weighted by Crippen LogP contribution is -1.95. The van der Waals surface area contributed by atoms with Crippen LogP contribution in [0.4, 0.5) is 0 Å². The summed E-state index contributed by atoms with van der Waals surface area (Å²) in [5.74, 6) is 2.03. The van der Waals surface area contributed by atoms with Gasteiger partial charge in [-0.25, -0.2) is 4.98 Å². The quantitative estimate of drug-likeness (QED) is 0.534. The van der Waals surface area contributed by atoms with Gasteiger partial charge in [-0.15, -0.1) is 0 Å². The van der Waals surface area contributed by atoms with Crippen molar-refractivity contribution in [1.29, 1.82) is 0 Å². The van der Waals surface area contributed by atoms with E-state index in [1.165, 1.54) is 0 Å². The Hall–Kier alpha value is -3.74. The maximum atomic E-state index is 5.45. The third-order valence-electron chi connectivity index (χ3n) is 4.03. The van der Waals surface area contributed by atoms with E-state index in [1.807, 2.05) is 36.4 Å². The SMILES string of the molecule is COc1ccc(-c2ccc(-c3noc(-c4ccncc4)n3)c(OC)n2)cc1. The molecule has 0 saturated heterocycles. The van der Waals surface area contributed by atoms with E-state index in [0.717, 1.165) is 22.6 Å². The van der Waals surface area contributed by atoms with Crippen molar-refractivity contribution < 1.29 is 14.0 Å². The molecule has 134 valence electrons. The fourth-order valence-electron chi connectivity index (χ4n) is 2.63. The van der Waals surface area contributed by atoms with Crippen molar-refractivity contribution in [1.82, 2.24) is 20.1 Å². The normalized spacial score (nSPS) is 10.6. The van der Waals surface area contributed by atoms with E-state index in [0.29, 0.717) is 23.2 Å². The Morgan fingerprint density at radius 1 is 0.778 bits per heavy atom. The van der Waals surface area contributed by atoms with Crippen LogP contribution < -0.4 is 9.47 Å². The van der Waals surface area contributed by atoms with Gasteiger partial charge in [0.1, 0.15) is 5.75 Å². The van der Waals surface area contributed by atoms with Crippen LogP contribution in [0.5, 0.6) is 11.6 Å². The van der Waals surface area contributed by atoms with Gasteiger partial charge in [0.15, 0.2) is 0 Å². The molecule has 0 fully saturated rings. The zero-order chi connectivity index (χ0) is 18.6. The van der Waals surface area contributed by atoms with Crippen LogP contribution in [-0.2, 0) is 0 Å². The molecule has 0 aliphatic carbocycles. The second kappa shape index (κ2) is 7.25. The molecule has 0 radical (unpaired) electrons. The Kier molecular flexibility index (Phi) is 4.49. The van der Waals surface area contributed by atoms with E-state index >= 15 is 0 Å². The summed E-state index contributed by atoms with van der Waals surface area (Å²) in [4.78, 5) is 13.0. The van der Waals surface area contributed by atoms with E-state index in [2.05, 4.69) is 20.1 Å². The van der Waals surface area contributed by atoms with Crippen LogP contribution in [0.1, 0.15) is 0 Å². The monoisotopic (exact) mass is 360 g/mol. The van der Waals surface area contributed by atoms with Crippen molar-refractivity contribution in [2.75, 3.05) is 14.2 Å². The van der Waals surface area contributed by atoms with Gasteiger partial charge in [0, 0.05) is 23.5 Å². The summed E-state index contributed by atoms with van der Waals surface area (Å²) in [5, 5.41) is 4.05. The van der Waals surface area contributed by atoms with E-state index < -0.39 is 0 Å². The number of methoxy groups -OCH3 is 2. The first-order chi connectivity index (χ1) is 13.3. The van der Waals surface area contributed by atoms with Crippen LogP contribution in [0, 0.1) is 0 Å². The number of ether oxygens (including phenoxy) is 2. The summed E-state index contributed by atoms with van der Waals surface area (Å²) < 4.78 is 16.0. The molecule has 3 heterocycles. The molecule has 7 heteroatoms. The molecule has 27 heavy (non-hydrogen) atoms. The number of rotatable bonds is 5. The predicted octanol–water partition coefficient (Wildman–Crippen LogP) is 3.88. The van der Waals surface area contributed by atoms with Crippen molar-refractivity contribution in [2.45, 2.75) is 0 Å². The first-order valence-electron chi connectivity index (χ1n) is 8.22. The third kappa shape index (κ3) is 3.35. The Bertz CT molecular complexity index is 1050. The van der Waals surface area contributed by atoms with Gasteiger partial charge in [0.25, 0.3) is 5.89 Å². The molecular weight excluding hydrogens is 344 g/mol.